The second-order valence-corrected chi connectivity index (χ2v) is 4.62. The van der Waals surface area contributed by atoms with Crippen molar-refractivity contribution < 1.29 is 9.84 Å². The fourth-order valence-corrected chi connectivity index (χ4v) is 1.96. The number of rotatable bonds is 5. The van der Waals surface area contributed by atoms with E-state index >= 15 is 0 Å². The monoisotopic (exact) mass is 277 g/mol. The van der Waals surface area contributed by atoms with Crippen molar-refractivity contribution in [1.82, 2.24) is 4.98 Å². The number of aliphatic hydroxyl groups excluding tert-OH is 1. The molecule has 100 valence electrons. The number of benzene rings is 1. The zero-order valence-electron chi connectivity index (χ0n) is 10.7. The van der Waals surface area contributed by atoms with Gasteiger partial charge in [-0.15, -0.1) is 0 Å². The smallest absolute Gasteiger partial charge is 0.125 e. The molecule has 1 heterocycles. The minimum atomic E-state index is -0.510. The van der Waals surface area contributed by atoms with Crippen molar-refractivity contribution in [3.8, 4) is 5.75 Å². The summed E-state index contributed by atoms with van der Waals surface area (Å²) < 4.78 is 5.75. The van der Waals surface area contributed by atoms with Gasteiger partial charge in [-0.1, -0.05) is 36.7 Å². The zero-order valence-corrected chi connectivity index (χ0v) is 11.5. The van der Waals surface area contributed by atoms with Crippen molar-refractivity contribution in [3.05, 3.63) is 58.9 Å². The van der Waals surface area contributed by atoms with Crippen molar-refractivity contribution in [2.75, 3.05) is 0 Å². The molecule has 3 nitrogen and oxygen atoms in total. The van der Waals surface area contributed by atoms with Gasteiger partial charge in [0.25, 0.3) is 0 Å². The second-order valence-electron chi connectivity index (χ2n) is 4.22. The molecular weight excluding hydrogens is 262 g/mol. The van der Waals surface area contributed by atoms with E-state index in [1.807, 2.05) is 37.3 Å². The Morgan fingerprint density at radius 3 is 2.84 bits per heavy atom. The predicted octanol–water partition coefficient (Wildman–Crippen LogP) is 3.76. The number of nitrogens with zero attached hydrogens (tertiary/aromatic N) is 1. The van der Waals surface area contributed by atoms with Crippen LogP contribution in [0.15, 0.2) is 42.7 Å². The van der Waals surface area contributed by atoms with Gasteiger partial charge < -0.3 is 9.84 Å². The van der Waals surface area contributed by atoms with Crippen molar-refractivity contribution in [1.29, 1.82) is 0 Å². The van der Waals surface area contributed by atoms with Crippen LogP contribution < -0.4 is 4.74 Å². The molecule has 19 heavy (non-hydrogen) atoms. The SMILES string of the molecule is CC[C@@H](O)c1ccccc1OCc1ccncc1Cl. The Bertz CT molecular complexity index is 545. The Labute approximate surface area is 117 Å². The molecule has 1 N–H and O–H groups in total. The summed E-state index contributed by atoms with van der Waals surface area (Å²) in [6.45, 7) is 2.29. The van der Waals surface area contributed by atoms with Gasteiger partial charge in [0, 0.05) is 23.5 Å². The van der Waals surface area contributed by atoms with Crippen LogP contribution in [0.2, 0.25) is 5.02 Å². The average Bonchev–Trinajstić information content (AvgIpc) is 2.46. The summed E-state index contributed by atoms with van der Waals surface area (Å²) in [5.41, 5.74) is 1.67. The molecule has 0 saturated heterocycles. The lowest BCUT2D eigenvalue weighted by Gasteiger charge is -2.15. The van der Waals surface area contributed by atoms with Crippen LogP contribution in [0, 0.1) is 0 Å². The highest BCUT2D eigenvalue weighted by Crippen LogP contribution is 2.28. The van der Waals surface area contributed by atoms with E-state index in [0.29, 0.717) is 23.8 Å². The molecule has 1 aromatic carbocycles. The summed E-state index contributed by atoms with van der Waals surface area (Å²) in [5.74, 6) is 0.685. The lowest BCUT2D eigenvalue weighted by atomic mass is 10.1. The molecule has 1 atom stereocenters. The Morgan fingerprint density at radius 1 is 1.32 bits per heavy atom. The molecule has 0 aliphatic heterocycles. The molecule has 2 aromatic rings. The van der Waals surface area contributed by atoms with Gasteiger partial charge in [-0.05, 0) is 18.6 Å². The first kappa shape index (κ1) is 13.8. The third kappa shape index (κ3) is 3.46. The molecule has 2 rings (SSSR count). The Morgan fingerprint density at radius 2 is 2.11 bits per heavy atom. The van der Waals surface area contributed by atoms with Crippen LogP contribution in [0.1, 0.15) is 30.6 Å². The van der Waals surface area contributed by atoms with Crippen molar-refractivity contribution in [3.63, 3.8) is 0 Å². The molecule has 0 unspecified atom stereocenters. The van der Waals surface area contributed by atoms with E-state index in [0.717, 1.165) is 11.1 Å². The molecule has 0 amide bonds. The number of pyridine rings is 1. The van der Waals surface area contributed by atoms with Gasteiger partial charge in [0.1, 0.15) is 12.4 Å². The summed E-state index contributed by atoms with van der Waals surface area (Å²) in [7, 11) is 0. The van der Waals surface area contributed by atoms with E-state index in [2.05, 4.69) is 4.98 Å². The van der Waals surface area contributed by atoms with Gasteiger partial charge in [-0.3, -0.25) is 4.98 Å². The number of hydrogen-bond acceptors (Lipinski definition) is 3. The molecule has 0 aliphatic carbocycles. The van der Waals surface area contributed by atoms with Crippen LogP contribution in [0.3, 0.4) is 0 Å². The van der Waals surface area contributed by atoms with Gasteiger partial charge in [0.15, 0.2) is 0 Å². The standard InChI is InChI=1S/C15H16ClNO2/c1-2-14(18)12-5-3-4-6-15(12)19-10-11-7-8-17-9-13(11)16/h3-9,14,18H,2,10H2,1H3/t14-/m1/s1. The number of aromatic nitrogens is 1. The summed E-state index contributed by atoms with van der Waals surface area (Å²) >= 11 is 6.03. The normalized spacial score (nSPS) is 12.2. The average molecular weight is 278 g/mol. The highest BCUT2D eigenvalue weighted by molar-refractivity contribution is 6.31. The van der Waals surface area contributed by atoms with E-state index in [9.17, 15) is 5.11 Å². The van der Waals surface area contributed by atoms with Gasteiger partial charge >= 0.3 is 0 Å². The van der Waals surface area contributed by atoms with Gasteiger partial charge in [-0.2, -0.15) is 0 Å². The van der Waals surface area contributed by atoms with Gasteiger partial charge in [-0.25, -0.2) is 0 Å². The van der Waals surface area contributed by atoms with E-state index in [-0.39, 0.29) is 0 Å². The van der Waals surface area contributed by atoms with Crippen molar-refractivity contribution in [2.45, 2.75) is 26.1 Å². The van der Waals surface area contributed by atoms with Crippen molar-refractivity contribution >= 4 is 11.6 Å². The third-order valence-electron chi connectivity index (χ3n) is 2.90. The summed E-state index contributed by atoms with van der Waals surface area (Å²) in [5, 5.41) is 10.5. The zero-order chi connectivity index (χ0) is 13.7. The molecular formula is C15H16ClNO2. The van der Waals surface area contributed by atoms with Crippen LogP contribution >= 0.6 is 11.6 Å². The molecule has 0 radical (unpaired) electrons. The molecule has 0 saturated carbocycles. The third-order valence-corrected chi connectivity index (χ3v) is 3.24. The number of para-hydroxylation sites is 1. The first-order chi connectivity index (χ1) is 9.22. The minimum absolute atomic E-state index is 0.356. The molecule has 0 bridgehead atoms. The molecule has 0 aliphatic rings. The lowest BCUT2D eigenvalue weighted by Crippen LogP contribution is -2.02. The van der Waals surface area contributed by atoms with Crippen LogP contribution in [-0.4, -0.2) is 10.1 Å². The highest BCUT2D eigenvalue weighted by Gasteiger charge is 2.11. The maximum atomic E-state index is 9.95. The van der Waals surface area contributed by atoms with Crippen LogP contribution in [0.4, 0.5) is 0 Å². The predicted molar refractivity (Wildman–Crippen MR) is 75.3 cm³/mol. The van der Waals surface area contributed by atoms with E-state index < -0.39 is 6.10 Å². The number of aliphatic hydroxyl groups is 1. The second kappa shape index (κ2) is 6.55. The van der Waals surface area contributed by atoms with Crippen LogP contribution in [0.25, 0.3) is 0 Å². The summed E-state index contributed by atoms with van der Waals surface area (Å²) in [6.07, 6.45) is 3.41. The minimum Gasteiger partial charge on any atom is -0.488 e. The van der Waals surface area contributed by atoms with Gasteiger partial charge in [0.05, 0.1) is 11.1 Å². The fraction of sp³-hybridized carbons (Fsp3) is 0.267. The van der Waals surface area contributed by atoms with Crippen LogP contribution in [-0.2, 0) is 6.61 Å². The summed E-state index contributed by atoms with van der Waals surface area (Å²) in [4.78, 5) is 3.93. The van der Waals surface area contributed by atoms with E-state index in [1.165, 1.54) is 0 Å². The topological polar surface area (TPSA) is 42.4 Å². The lowest BCUT2D eigenvalue weighted by molar-refractivity contribution is 0.166. The maximum absolute atomic E-state index is 9.95. The first-order valence-electron chi connectivity index (χ1n) is 6.20. The first-order valence-corrected chi connectivity index (χ1v) is 6.58. The summed E-state index contributed by atoms with van der Waals surface area (Å²) in [6, 6.07) is 9.32. The Balaban J connectivity index is 2.14. The number of hydrogen-bond donors (Lipinski definition) is 1. The number of ether oxygens (including phenoxy) is 1. The Kier molecular flexibility index (Phi) is 4.77. The van der Waals surface area contributed by atoms with E-state index in [1.54, 1.807) is 12.4 Å². The molecule has 4 heteroatoms. The quantitative estimate of drug-likeness (QED) is 0.905. The van der Waals surface area contributed by atoms with Crippen LogP contribution in [0.5, 0.6) is 5.75 Å². The van der Waals surface area contributed by atoms with Gasteiger partial charge in [0.2, 0.25) is 0 Å². The molecule has 0 spiro atoms. The van der Waals surface area contributed by atoms with Crippen molar-refractivity contribution in [2.24, 2.45) is 0 Å². The maximum Gasteiger partial charge on any atom is 0.125 e. The highest BCUT2D eigenvalue weighted by atomic mass is 35.5. The molecule has 1 aromatic heterocycles. The number of halogens is 1. The molecule has 0 fully saturated rings. The van der Waals surface area contributed by atoms with E-state index in [4.69, 9.17) is 16.3 Å². The largest absolute Gasteiger partial charge is 0.488 e. The fourth-order valence-electron chi connectivity index (χ4n) is 1.78. The Hall–Kier alpha value is -1.58.